The zero-order valence-electron chi connectivity index (χ0n) is 18.0. The Morgan fingerprint density at radius 3 is 2.47 bits per heavy atom. The zero-order valence-corrected chi connectivity index (χ0v) is 18.0. The summed E-state index contributed by atoms with van der Waals surface area (Å²) in [4.78, 5) is 27.3. The van der Waals surface area contributed by atoms with Crippen LogP contribution in [0.15, 0.2) is 54.9 Å². The summed E-state index contributed by atoms with van der Waals surface area (Å²) in [7, 11) is 0. The normalized spacial score (nSPS) is 23.9. The fourth-order valence-corrected chi connectivity index (χ4v) is 4.98. The Balaban J connectivity index is 1.40. The highest BCUT2D eigenvalue weighted by atomic mass is 19.4. The van der Waals surface area contributed by atoms with Crippen molar-refractivity contribution in [3.63, 3.8) is 0 Å². The van der Waals surface area contributed by atoms with Crippen LogP contribution in [0.1, 0.15) is 35.7 Å². The number of carbonyl (C=O) groups is 1. The Morgan fingerprint density at radius 1 is 1.06 bits per heavy atom. The van der Waals surface area contributed by atoms with Crippen LogP contribution in [0.25, 0.3) is 11.4 Å². The molecule has 4 atom stereocenters. The van der Waals surface area contributed by atoms with E-state index in [2.05, 4.69) is 15.0 Å². The number of nitrogens with zero attached hydrogens (tertiary/aromatic N) is 4. The number of benzene rings is 1. The van der Waals surface area contributed by atoms with Crippen LogP contribution in [-0.2, 0) is 6.18 Å². The summed E-state index contributed by atoms with van der Waals surface area (Å²) in [5.74, 6) is -1.49. The van der Waals surface area contributed by atoms with Crippen molar-refractivity contribution in [2.24, 2.45) is 5.92 Å². The molecule has 6 nitrogen and oxygen atoms in total. The second kappa shape index (κ2) is 8.34. The lowest BCUT2D eigenvalue weighted by atomic mass is 9.97. The molecule has 1 aliphatic carbocycles. The van der Waals surface area contributed by atoms with Gasteiger partial charge in [0.05, 0.1) is 11.6 Å². The van der Waals surface area contributed by atoms with Crippen molar-refractivity contribution in [2.75, 3.05) is 0 Å². The third kappa shape index (κ3) is 3.86. The lowest BCUT2D eigenvalue weighted by Crippen LogP contribution is -2.51. The van der Waals surface area contributed by atoms with Gasteiger partial charge in [-0.25, -0.2) is 9.97 Å². The van der Waals surface area contributed by atoms with Crippen molar-refractivity contribution in [1.82, 2.24) is 19.9 Å². The van der Waals surface area contributed by atoms with Gasteiger partial charge < -0.3 is 9.64 Å². The monoisotopic (exact) mass is 472 g/mol. The maximum atomic E-state index is 13.9. The van der Waals surface area contributed by atoms with E-state index in [0.29, 0.717) is 35.9 Å². The Bertz CT molecular complexity index is 1220. The zero-order chi connectivity index (χ0) is 24.0. The number of likely N-dealkylation sites (tertiary alicyclic amines) is 1. The quantitative estimate of drug-likeness (QED) is 0.404. The summed E-state index contributed by atoms with van der Waals surface area (Å²) < 4.78 is 58.2. The summed E-state index contributed by atoms with van der Waals surface area (Å²) in [6.45, 7) is 1.97. The van der Waals surface area contributed by atoms with E-state index in [1.807, 2.05) is 6.92 Å². The van der Waals surface area contributed by atoms with Crippen LogP contribution in [0, 0.1) is 11.9 Å². The van der Waals surface area contributed by atoms with Crippen molar-refractivity contribution in [3.8, 4) is 17.3 Å². The minimum Gasteiger partial charge on any atom is -0.472 e. The van der Waals surface area contributed by atoms with Gasteiger partial charge in [0.1, 0.15) is 11.7 Å². The van der Waals surface area contributed by atoms with Gasteiger partial charge in [0, 0.05) is 30.1 Å². The molecule has 0 N–H and O–H groups in total. The van der Waals surface area contributed by atoms with Gasteiger partial charge >= 0.3 is 6.18 Å². The molecule has 2 fully saturated rings. The van der Waals surface area contributed by atoms with Gasteiger partial charge in [-0.05, 0) is 43.9 Å². The first-order valence-electron chi connectivity index (χ1n) is 10.8. The average molecular weight is 472 g/mol. The molecular formula is C24H20F4N4O2. The van der Waals surface area contributed by atoms with Crippen LogP contribution >= 0.6 is 0 Å². The highest BCUT2D eigenvalue weighted by Crippen LogP contribution is 2.45. The first-order chi connectivity index (χ1) is 16.2. The van der Waals surface area contributed by atoms with E-state index in [-0.39, 0.29) is 29.8 Å². The minimum atomic E-state index is -4.84. The van der Waals surface area contributed by atoms with E-state index in [9.17, 15) is 22.4 Å². The number of amides is 1. The van der Waals surface area contributed by atoms with Gasteiger partial charge in [0.2, 0.25) is 11.8 Å². The number of alkyl halides is 3. The topological polar surface area (TPSA) is 68.2 Å². The molecule has 1 amide bonds. The molecule has 10 heteroatoms. The van der Waals surface area contributed by atoms with Gasteiger partial charge in [-0.15, -0.1) is 0 Å². The molecule has 1 aliphatic heterocycles. The van der Waals surface area contributed by atoms with E-state index < -0.39 is 23.8 Å². The molecule has 1 saturated heterocycles. The first kappa shape index (κ1) is 22.2. The average Bonchev–Trinajstić information content (AvgIpc) is 3.36. The van der Waals surface area contributed by atoms with Gasteiger partial charge in [0.25, 0.3) is 5.91 Å². The number of hydrogen-bond donors (Lipinski definition) is 0. The number of piperidine rings is 1. The van der Waals surface area contributed by atoms with E-state index >= 15 is 0 Å². The Morgan fingerprint density at radius 2 is 1.79 bits per heavy atom. The second-order valence-corrected chi connectivity index (χ2v) is 8.51. The number of aromatic nitrogens is 3. The van der Waals surface area contributed by atoms with Crippen LogP contribution in [-0.4, -0.2) is 43.9 Å². The fourth-order valence-electron chi connectivity index (χ4n) is 4.98. The Kier molecular flexibility index (Phi) is 5.45. The number of carbonyl (C=O) groups excluding carboxylic acids is 1. The second-order valence-electron chi connectivity index (χ2n) is 8.51. The first-order valence-corrected chi connectivity index (χ1v) is 10.8. The Hall–Kier alpha value is -3.56. The summed E-state index contributed by atoms with van der Waals surface area (Å²) in [6, 6.07) is 10.0. The Labute approximate surface area is 192 Å². The van der Waals surface area contributed by atoms with Gasteiger partial charge in [-0.3, -0.25) is 4.79 Å². The number of pyridine rings is 1. The third-order valence-corrected chi connectivity index (χ3v) is 6.59. The van der Waals surface area contributed by atoms with E-state index in [0.717, 1.165) is 6.07 Å². The predicted octanol–water partition coefficient (Wildman–Crippen LogP) is 4.77. The van der Waals surface area contributed by atoms with E-state index in [4.69, 9.17) is 4.74 Å². The SMILES string of the molecule is CC1C2CC(Oc3ccc(C(F)(F)F)c(F)n3)C(C2)N1C(=O)c1ccccc1-c1ncccn1. The van der Waals surface area contributed by atoms with Gasteiger partial charge in [0.15, 0.2) is 5.82 Å². The predicted molar refractivity (Wildman–Crippen MR) is 113 cm³/mol. The molecule has 3 heterocycles. The molecule has 0 radical (unpaired) electrons. The number of halogens is 4. The van der Waals surface area contributed by atoms with E-state index in [1.165, 1.54) is 0 Å². The van der Waals surface area contributed by atoms with E-state index in [1.54, 1.807) is 47.6 Å². The van der Waals surface area contributed by atoms with Gasteiger partial charge in [-0.1, -0.05) is 18.2 Å². The largest absolute Gasteiger partial charge is 0.472 e. The van der Waals surface area contributed by atoms with Crippen molar-refractivity contribution in [2.45, 2.75) is 44.1 Å². The fraction of sp³-hybridized carbons (Fsp3) is 0.333. The summed E-state index contributed by atoms with van der Waals surface area (Å²) in [5.41, 5.74) is -0.393. The van der Waals surface area contributed by atoms with Crippen LogP contribution in [0.5, 0.6) is 5.88 Å². The summed E-state index contributed by atoms with van der Waals surface area (Å²) in [6.07, 6.45) is -0.854. The van der Waals surface area contributed by atoms with Gasteiger partial charge in [-0.2, -0.15) is 22.5 Å². The number of ether oxygens (including phenoxy) is 1. The lowest BCUT2D eigenvalue weighted by Gasteiger charge is -2.38. The van der Waals surface area contributed by atoms with Crippen molar-refractivity contribution < 1.29 is 27.1 Å². The number of fused-ring (bicyclic) bond motifs is 2. The molecule has 2 bridgehead atoms. The molecule has 1 aromatic carbocycles. The molecule has 2 aromatic heterocycles. The molecule has 176 valence electrons. The lowest BCUT2D eigenvalue weighted by molar-refractivity contribution is -0.140. The standard InChI is InChI=1S/C24H20F4N4O2/c1-13-14-11-18(19(12-14)34-20-8-7-17(21(25)31-20)24(26,27)28)32(13)23(33)16-6-3-2-5-15(16)22-29-9-4-10-30-22/h2-10,13-14,18-19H,11-12H2,1H3. The molecule has 0 spiro atoms. The molecule has 4 unspecified atom stereocenters. The van der Waals surface area contributed by atoms with Crippen molar-refractivity contribution >= 4 is 5.91 Å². The molecule has 3 aromatic rings. The van der Waals surface area contributed by atoms with Crippen molar-refractivity contribution in [3.05, 3.63) is 71.9 Å². The summed E-state index contributed by atoms with van der Waals surface area (Å²) in [5, 5.41) is 0. The van der Waals surface area contributed by atoms with Crippen molar-refractivity contribution in [1.29, 1.82) is 0 Å². The molecule has 5 rings (SSSR count). The molecule has 1 saturated carbocycles. The molecule has 34 heavy (non-hydrogen) atoms. The van der Waals surface area contributed by atoms with Crippen LogP contribution in [0.3, 0.4) is 0 Å². The minimum absolute atomic E-state index is 0.0561. The highest BCUT2D eigenvalue weighted by molar-refractivity contribution is 6.00. The molecule has 2 aliphatic rings. The van der Waals surface area contributed by atoms with Crippen LogP contribution in [0.4, 0.5) is 17.6 Å². The summed E-state index contributed by atoms with van der Waals surface area (Å²) >= 11 is 0. The molecular weight excluding hydrogens is 452 g/mol. The maximum Gasteiger partial charge on any atom is 0.420 e. The highest BCUT2D eigenvalue weighted by Gasteiger charge is 2.53. The third-order valence-electron chi connectivity index (χ3n) is 6.59. The maximum absolute atomic E-state index is 13.9. The number of hydrogen-bond acceptors (Lipinski definition) is 5. The number of rotatable bonds is 4. The van der Waals surface area contributed by atoms with Crippen LogP contribution < -0.4 is 4.74 Å². The van der Waals surface area contributed by atoms with Crippen LogP contribution in [0.2, 0.25) is 0 Å². The smallest absolute Gasteiger partial charge is 0.420 e.